The van der Waals surface area contributed by atoms with Gasteiger partial charge >= 0.3 is 0 Å². The molecule has 0 aliphatic heterocycles. The van der Waals surface area contributed by atoms with Crippen molar-refractivity contribution in [1.82, 2.24) is 9.88 Å². The van der Waals surface area contributed by atoms with Crippen molar-refractivity contribution in [2.24, 2.45) is 0 Å². The fourth-order valence-corrected chi connectivity index (χ4v) is 2.44. The Balaban J connectivity index is 2.14. The number of nitrogens with zero attached hydrogens (tertiary/aromatic N) is 1. The molecule has 2 rings (SSSR count). The highest BCUT2D eigenvalue weighted by molar-refractivity contribution is 7.71. The monoisotopic (exact) mass is 329 g/mol. The molecule has 0 saturated heterocycles. The number of H-pyrrole nitrogens is 1. The minimum absolute atomic E-state index is 0.0255. The van der Waals surface area contributed by atoms with E-state index in [0.29, 0.717) is 29.0 Å². The number of rotatable bonds is 5. The molecule has 0 spiro atoms. The lowest BCUT2D eigenvalue weighted by Gasteiger charge is -2.19. The van der Waals surface area contributed by atoms with Crippen molar-refractivity contribution in [3.05, 3.63) is 58.4 Å². The third kappa shape index (κ3) is 4.50. The van der Waals surface area contributed by atoms with E-state index in [1.165, 1.54) is 0 Å². The number of pyridine rings is 1. The van der Waals surface area contributed by atoms with E-state index in [0.717, 1.165) is 5.56 Å². The summed E-state index contributed by atoms with van der Waals surface area (Å²) in [7, 11) is 0. The third-order valence-corrected chi connectivity index (χ3v) is 3.79. The van der Waals surface area contributed by atoms with Crippen LogP contribution in [0.2, 0.25) is 0 Å². The SMILES string of the molecule is CCN(Cc1cccc(NC(=O)c2ccc[nH]c2=S)c1)C(C)=O. The number of anilines is 1. The molecular formula is C17H19N3O2S. The summed E-state index contributed by atoms with van der Waals surface area (Å²) >= 11 is 5.11. The Kier molecular flexibility index (Phi) is 5.65. The largest absolute Gasteiger partial charge is 0.352 e. The summed E-state index contributed by atoms with van der Waals surface area (Å²) in [4.78, 5) is 28.3. The van der Waals surface area contributed by atoms with Gasteiger partial charge in [-0.25, -0.2) is 0 Å². The van der Waals surface area contributed by atoms with Gasteiger partial charge in [0, 0.05) is 31.9 Å². The average molecular weight is 329 g/mol. The predicted molar refractivity (Wildman–Crippen MR) is 92.8 cm³/mol. The average Bonchev–Trinajstić information content (AvgIpc) is 2.53. The maximum absolute atomic E-state index is 12.3. The molecule has 0 radical (unpaired) electrons. The van der Waals surface area contributed by atoms with Gasteiger partial charge in [0.05, 0.1) is 5.56 Å². The van der Waals surface area contributed by atoms with E-state index in [1.54, 1.807) is 36.2 Å². The molecule has 2 N–H and O–H groups in total. The third-order valence-electron chi connectivity index (χ3n) is 3.45. The van der Waals surface area contributed by atoms with E-state index in [4.69, 9.17) is 12.2 Å². The molecule has 1 aromatic heterocycles. The topological polar surface area (TPSA) is 65.2 Å². The Morgan fingerprint density at radius 3 is 2.70 bits per heavy atom. The quantitative estimate of drug-likeness (QED) is 0.827. The van der Waals surface area contributed by atoms with Gasteiger partial charge in [-0.05, 0) is 36.8 Å². The highest BCUT2D eigenvalue weighted by Crippen LogP contribution is 2.14. The van der Waals surface area contributed by atoms with E-state index in [-0.39, 0.29) is 11.8 Å². The number of hydrogen-bond donors (Lipinski definition) is 2. The van der Waals surface area contributed by atoms with Crippen molar-refractivity contribution < 1.29 is 9.59 Å². The number of benzene rings is 1. The molecule has 0 fully saturated rings. The number of aromatic nitrogens is 1. The van der Waals surface area contributed by atoms with Crippen LogP contribution in [0.3, 0.4) is 0 Å². The minimum atomic E-state index is -0.261. The Morgan fingerprint density at radius 1 is 1.26 bits per heavy atom. The molecule has 0 saturated carbocycles. The van der Waals surface area contributed by atoms with Crippen molar-refractivity contribution in [2.75, 3.05) is 11.9 Å². The van der Waals surface area contributed by atoms with Crippen LogP contribution in [0.4, 0.5) is 5.69 Å². The Morgan fingerprint density at radius 2 is 2.04 bits per heavy atom. The smallest absolute Gasteiger partial charge is 0.258 e. The number of aromatic amines is 1. The highest BCUT2D eigenvalue weighted by Gasteiger charge is 2.10. The molecule has 0 unspecified atom stereocenters. The van der Waals surface area contributed by atoms with Gasteiger partial charge < -0.3 is 15.2 Å². The van der Waals surface area contributed by atoms with Crippen LogP contribution in [0.25, 0.3) is 0 Å². The summed E-state index contributed by atoms with van der Waals surface area (Å²) in [5.74, 6) is -0.236. The summed E-state index contributed by atoms with van der Waals surface area (Å²) in [5, 5.41) is 2.83. The summed E-state index contributed by atoms with van der Waals surface area (Å²) < 4.78 is 0.398. The molecular weight excluding hydrogens is 310 g/mol. The van der Waals surface area contributed by atoms with Crippen LogP contribution in [0.1, 0.15) is 29.8 Å². The second-order valence-electron chi connectivity index (χ2n) is 5.10. The van der Waals surface area contributed by atoms with Crippen LogP contribution in [0, 0.1) is 4.64 Å². The van der Waals surface area contributed by atoms with E-state index in [9.17, 15) is 9.59 Å². The first-order valence-electron chi connectivity index (χ1n) is 7.34. The van der Waals surface area contributed by atoms with Gasteiger partial charge in [0.2, 0.25) is 5.91 Å². The van der Waals surface area contributed by atoms with Crippen molar-refractivity contribution in [2.45, 2.75) is 20.4 Å². The molecule has 6 heteroatoms. The standard InChI is InChI=1S/C17H19N3O2S/c1-3-20(12(2)21)11-13-6-4-7-14(10-13)19-16(22)15-8-5-9-18-17(15)23/h4-10H,3,11H2,1-2H3,(H,18,23)(H,19,22). The maximum atomic E-state index is 12.3. The van der Waals surface area contributed by atoms with Gasteiger partial charge in [-0.2, -0.15) is 0 Å². The van der Waals surface area contributed by atoms with Crippen LogP contribution in [0.5, 0.6) is 0 Å². The zero-order valence-electron chi connectivity index (χ0n) is 13.1. The number of carbonyl (C=O) groups excluding carboxylic acids is 2. The summed E-state index contributed by atoms with van der Waals surface area (Å²) in [6.07, 6.45) is 1.68. The Bertz CT molecular complexity index is 770. The molecule has 0 bridgehead atoms. The predicted octanol–water partition coefficient (Wildman–Crippen LogP) is 3.36. The summed E-state index contributed by atoms with van der Waals surface area (Å²) in [6, 6.07) is 10.8. The normalized spacial score (nSPS) is 10.2. The van der Waals surface area contributed by atoms with Gasteiger partial charge in [0.1, 0.15) is 4.64 Å². The Hall–Kier alpha value is -2.47. The van der Waals surface area contributed by atoms with Crippen LogP contribution in [-0.4, -0.2) is 28.2 Å². The number of hydrogen-bond acceptors (Lipinski definition) is 3. The van der Waals surface area contributed by atoms with Gasteiger partial charge in [-0.15, -0.1) is 0 Å². The van der Waals surface area contributed by atoms with E-state index < -0.39 is 0 Å². The molecule has 120 valence electrons. The van der Waals surface area contributed by atoms with Gasteiger partial charge in [0.25, 0.3) is 5.91 Å². The molecule has 2 amide bonds. The summed E-state index contributed by atoms with van der Waals surface area (Å²) in [6.45, 7) is 4.64. The fourth-order valence-electron chi connectivity index (χ4n) is 2.21. The van der Waals surface area contributed by atoms with Crippen molar-refractivity contribution >= 4 is 29.7 Å². The number of amides is 2. The van der Waals surface area contributed by atoms with Crippen LogP contribution in [0.15, 0.2) is 42.6 Å². The zero-order chi connectivity index (χ0) is 16.8. The van der Waals surface area contributed by atoms with Crippen LogP contribution < -0.4 is 5.32 Å². The van der Waals surface area contributed by atoms with Crippen LogP contribution >= 0.6 is 12.2 Å². The second kappa shape index (κ2) is 7.69. The first kappa shape index (κ1) is 16.9. The lowest BCUT2D eigenvalue weighted by Crippen LogP contribution is -2.27. The molecule has 1 heterocycles. The van der Waals surface area contributed by atoms with Gasteiger partial charge in [0.15, 0.2) is 0 Å². The highest BCUT2D eigenvalue weighted by atomic mass is 32.1. The van der Waals surface area contributed by atoms with E-state index in [2.05, 4.69) is 10.3 Å². The fraction of sp³-hybridized carbons (Fsp3) is 0.235. The first-order chi connectivity index (χ1) is 11.0. The molecule has 1 aromatic carbocycles. The molecule has 23 heavy (non-hydrogen) atoms. The van der Waals surface area contributed by atoms with Crippen molar-refractivity contribution in [3.63, 3.8) is 0 Å². The van der Waals surface area contributed by atoms with Gasteiger partial charge in [-0.3, -0.25) is 9.59 Å². The van der Waals surface area contributed by atoms with Crippen LogP contribution in [-0.2, 0) is 11.3 Å². The first-order valence-corrected chi connectivity index (χ1v) is 7.75. The second-order valence-corrected chi connectivity index (χ2v) is 5.51. The number of nitrogens with one attached hydrogen (secondary N) is 2. The molecule has 0 aliphatic carbocycles. The van der Waals surface area contributed by atoms with Crippen molar-refractivity contribution in [1.29, 1.82) is 0 Å². The zero-order valence-corrected chi connectivity index (χ0v) is 13.9. The lowest BCUT2D eigenvalue weighted by atomic mass is 10.1. The van der Waals surface area contributed by atoms with Crippen molar-refractivity contribution in [3.8, 4) is 0 Å². The van der Waals surface area contributed by atoms with Gasteiger partial charge in [-0.1, -0.05) is 24.4 Å². The number of carbonyl (C=O) groups is 2. The lowest BCUT2D eigenvalue weighted by molar-refractivity contribution is -0.129. The summed E-state index contributed by atoms with van der Waals surface area (Å²) in [5.41, 5.74) is 2.05. The minimum Gasteiger partial charge on any atom is -0.352 e. The molecule has 0 aliphatic rings. The molecule has 2 aromatic rings. The van der Waals surface area contributed by atoms with E-state index in [1.807, 2.05) is 25.1 Å². The van der Waals surface area contributed by atoms with E-state index >= 15 is 0 Å². The molecule has 0 atom stereocenters. The Labute approximate surface area is 140 Å². The molecule has 5 nitrogen and oxygen atoms in total. The maximum Gasteiger partial charge on any atom is 0.258 e.